The summed E-state index contributed by atoms with van der Waals surface area (Å²) < 4.78 is 5.00. The quantitative estimate of drug-likeness (QED) is 0.210. The van der Waals surface area contributed by atoms with Gasteiger partial charge < -0.3 is 4.57 Å². The van der Waals surface area contributed by atoms with Gasteiger partial charge in [-0.05, 0) is 58.2 Å². The highest BCUT2D eigenvalue weighted by molar-refractivity contribution is 5.81. The number of nitrogens with zero attached hydrogens (tertiary/aromatic N) is 7. The Bertz CT molecular complexity index is 2270. The average molecular weight is 623 g/mol. The highest BCUT2D eigenvalue weighted by Gasteiger charge is 2.27. The third-order valence-electron chi connectivity index (χ3n) is 8.85. The van der Waals surface area contributed by atoms with Crippen molar-refractivity contribution in [3.63, 3.8) is 0 Å². The summed E-state index contributed by atoms with van der Waals surface area (Å²) in [5.74, 6) is 1.26. The molecule has 0 fully saturated rings. The van der Waals surface area contributed by atoms with Gasteiger partial charge in [0.05, 0.1) is 12.1 Å². The van der Waals surface area contributed by atoms with Crippen LogP contribution in [0.4, 0.5) is 0 Å². The van der Waals surface area contributed by atoms with Gasteiger partial charge in [-0.15, -0.1) is 5.10 Å². The maximum atomic E-state index is 14.6. The van der Waals surface area contributed by atoms with Crippen molar-refractivity contribution in [1.29, 1.82) is 0 Å². The number of benzene rings is 4. The van der Waals surface area contributed by atoms with E-state index in [0.29, 0.717) is 35.8 Å². The number of rotatable bonds is 9. The van der Waals surface area contributed by atoms with Crippen molar-refractivity contribution in [2.75, 3.05) is 0 Å². The summed E-state index contributed by atoms with van der Waals surface area (Å²) in [6.07, 6.45) is 0.567. The molecule has 10 heteroatoms. The predicted octanol–water partition coefficient (Wildman–Crippen LogP) is 6.04. The van der Waals surface area contributed by atoms with E-state index in [2.05, 4.69) is 32.8 Å². The minimum Gasteiger partial charge on any atom is -0.318 e. The summed E-state index contributed by atoms with van der Waals surface area (Å²) >= 11 is 0. The second kappa shape index (κ2) is 12.5. The molecule has 3 aromatic heterocycles. The van der Waals surface area contributed by atoms with Gasteiger partial charge in [-0.3, -0.25) is 13.9 Å². The molecule has 0 radical (unpaired) electrons. The molecule has 7 rings (SSSR count). The van der Waals surface area contributed by atoms with Crippen LogP contribution in [0.15, 0.2) is 119 Å². The van der Waals surface area contributed by atoms with Crippen LogP contribution >= 0.6 is 0 Å². The molecule has 0 amide bonds. The molecule has 7 aromatic rings. The third-order valence-corrected chi connectivity index (χ3v) is 8.85. The molecule has 2 unspecified atom stereocenters. The number of nitrogens with one attached hydrogen (secondary N) is 1. The van der Waals surface area contributed by atoms with Crippen LogP contribution < -0.4 is 11.2 Å². The average Bonchev–Trinajstić information content (AvgIpc) is 3.78. The summed E-state index contributed by atoms with van der Waals surface area (Å²) in [6.45, 7) is 6.23. The van der Waals surface area contributed by atoms with Gasteiger partial charge in [-0.1, -0.05) is 110 Å². The molecule has 0 aliphatic rings. The smallest absolute Gasteiger partial charge is 0.318 e. The highest BCUT2D eigenvalue weighted by atomic mass is 16.2. The van der Waals surface area contributed by atoms with E-state index >= 15 is 0 Å². The van der Waals surface area contributed by atoms with Crippen LogP contribution in [0.1, 0.15) is 55.4 Å². The van der Waals surface area contributed by atoms with Gasteiger partial charge in [0.15, 0.2) is 17.0 Å². The van der Waals surface area contributed by atoms with Crippen LogP contribution in [0.2, 0.25) is 0 Å². The largest absolute Gasteiger partial charge is 0.333 e. The Morgan fingerprint density at radius 1 is 0.745 bits per heavy atom. The van der Waals surface area contributed by atoms with E-state index < -0.39 is 11.7 Å². The van der Waals surface area contributed by atoms with Gasteiger partial charge >= 0.3 is 5.69 Å². The zero-order valence-corrected chi connectivity index (χ0v) is 26.4. The summed E-state index contributed by atoms with van der Waals surface area (Å²) in [4.78, 5) is 33.9. The molecule has 234 valence electrons. The van der Waals surface area contributed by atoms with E-state index in [1.807, 2.05) is 122 Å². The lowest BCUT2D eigenvalue weighted by molar-refractivity contribution is 0.515. The molecule has 2 atom stereocenters. The SMILES string of the molecule is CCc1nc2c(c(=O)n(C(C)c3ccccc3)c(=O)n2C(C)c2ccccc2)n1Cc1ccc(-c2ccccc2)c(-c2nnn[nH]2)c1. The van der Waals surface area contributed by atoms with E-state index in [1.165, 1.54) is 4.57 Å². The zero-order valence-electron chi connectivity index (χ0n) is 26.4. The van der Waals surface area contributed by atoms with Crippen molar-refractivity contribution in [3.05, 3.63) is 153 Å². The summed E-state index contributed by atoms with van der Waals surface area (Å²) in [6, 6.07) is 34.8. The molecular formula is C37H34N8O2. The first-order chi connectivity index (χ1) is 23.0. The van der Waals surface area contributed by atoms with Crippen LogP contribution in [0.25, 0.3) is 33.7 Å². The minimum atomic E-state index is -0.501. The molecule has 10 nitrogen and oxygen atoms in total. The van der Waals surface area contributed by atoms with Crippen LogP contribution in [0.3, 0.4) is 0 Å². The molecule has 0 aliphatic heterocycles. The van der Waals surface area contributed by atoms with E-state index in [0.717, 1.165) is 33.4 Å². The number of aromatic nitrogens is 8. The number of hydrogen-bond donors (Lipinski definition) is 1. The van der Waals surface area contributed by atoms with E-state index in [1.54, 1.807) is 4.57 Å². The normalized spacial score (nSPS) is 12.7. The number of hydrogen-bond acceptors (Lipinski definition) is 6. The number of aryl methyl sites for hydroxylation is 1. The van der Waals surface area contributed by atoms with Crippen molar-refractivity contribution in [2.24, 2.45) is 0 Å². The van der Waals surface area contributed by atoms with E-state index in [9.17, 15) is 9.59 Å². The molecule has 0 saturated heterocycles. The van der Waals surface area contributed by atoms with Crippen LogP contribution in [-0.2, 0) is 13.0 Å². The monoisotopic (exact) mass is 622 g/mol. The molecule has 0 bridgehead atoms. The first-order valence-electron chi connectivity index (χ1n) is 15.7. The number of imidazole rings is 1. The van der Waals surface area contributed by atoms with Crippen LogP contribution in [0.5, 0.6) is 0 Å². The van der Waals surface area contributed by atoms with E-state index in [-0.39, 0.29) is 11.6 Å². The van der Waals surface area contributed by atoms with Crippen molar-refractivity contribution < 1.29 is 0 Å². The molecule has 3 heterocycles. The Morgan fingerprint density at radius 2 is 1.36 bits per heavy atom. The fourth-order valence-electron chi connectivity index (χ4n) is 6.38. The number of H-pyrrole nitrogens is 1. The predicted molar refractivity (Wildman–Crippen MR) is 182 cm³/mol. The second-order valence-electron chi connectivity index (χ2n) is 11.6. The third kappa shape index (κ3) is 5.37. The van der Waals surface area contributed by atoms with Crippen molar-refractivity contribution in [1.82, 2.24) is 39.3 Å². The molecule has 4 aromatic carbocycles. The van der Waals surface area contributed by atoms with Gasteiger partial charge in [-0.25, -0.2) is 14.9 Å². The lowest BCUT2D eigenvalue weighted by Crippen LogP contribution is -2.43. The van der Waals surface area contributed by atoms with Crippen LogP contribution in [-0.4, -0.2) is 39.3 Å². The maximum Gasteiger partial charge on any atom is 0.333 e. The molecule has 1 N–H and O–H groups in total. The highest BCUT2D eigenvalue weighted by Crippen LogP contribution is 2.32. The molecule has 47 heavy (non-hydrogen) atoms. The Balaban J connectivity index is 1.45. The van der Waals surface area contributed by atoms with Gasteiger partial charge in [-0.2, -0.15) is 0 Å². The molecular weight excluding hydrogens is 588 g/mol. The topological polar surface area (TPSA) is 116 Å². The Morgan fingerprint density at radius 3 is 1.96 bits per heavy atom. The number of aromatic amines is 1. The minimum absolute atomic E-state index is 0.357. The standard InChI is InChI=1S/C37H34N8O2/c1-4-32-38-35-33(43(32)23-26-20-21-30(29-18-12-7-13-19-29)31(22-26)34-39-41-42-40-34)36(46)45(25(3)28-16-10-6-11-17-28)37(47)44(35)24(2)27-14-8-5-9-15-27/h5-22,24-25H,4,23H2,1-3H3,(H,39,40,41,42). The maximum absolute atomic E-state index is 14.6. The molecule has 0 aliphatic carbocycles. The van der Waals surface area contributed by atoms with Crippen molar-refractivity contribution in [2.45, 2.75) is 45.8 Å². The van der Waals surface area contributed by atoms with Gasteiger partial charge in [0, 0.05) is 18.5 Å². The first-order valence-corrected chi connectivity index (χ1v) is 15.7. The fourth-order valence-corrected chi connectivity index (χ4v) is 6.38. The number of fused-ring (bicyclic) bond motifs is 1. The Hall–Kier alpha value is -5.90. The number of tetrazole rings is 1. The van der Waals surface area contributed by atoms with Crippen LogP contribution in [0, 0.1) is 0 Å². The first kappa shape index (κ1) is 29.8. The lowest BCUT2D eigenvalue weighted by Gasteiger charge is -2.21. The summed E-state index contributed by atoms with van der Waals surface area (Å²) in [5.41, 5.74) is 5.60. The lowest BCUT2D eigenvalue weighted by atomic mass is 9.97. The summed E-state index contributed by atoms with van der Waals surface area (Å²) in [7, 11) is 0. The Kier molecular flexibility index (Phi) is 7.91. The second-order valence-corrected chi connectivity index (χ2v) is 11.6. The van der Waals surface area contributed by atoms with Gasteiger partial charge in [0.25, 0.3) is 5.56 Å². The Labute approximate surface area is 271 Å². The fraction of sp³-hybridized carbons (Fsp3) is 0.189. The van der Waals surface area contributed by atoms with Gasteiger partial charge in [0.1, 0.15) is 5.82 Å². The van der Waals surface area contributed by atoms with Crippen molar-refractivity contribution >= 4 is 11.2 Å². The molecule has 0 saturated carbocycles. The molecule has 0 spiro atoms. The zero-order chi connectivity index (χ0) is 32.5. The van der Waals surface area contributed by atoms with Crippen molar-refractivity contribution in [3.8, 4) is 22.5 Å². The summed E-state index contributed by atoms with van der Waals surface area (Å²) in [5, 5.41) is 14.7. The van der Waals surface area contributed by atoms with Gasteiger partial charge in [0.2, 0.25) is 0 Å². The van der Waals surface area contributed by atoms with E-state index in [4.69, 9.17) is 4.98 Å².